The quantitative estimate of drug-likeness (QED) is 0.739. The smallest absolute Gasteiger partial charge is 0.160 e. The summed E-state index contributed by atoms with van der Waals surface area (Å²) in [5.74, 6) is 2.42. The highest BCUT2D eigenvalue weighted by molar-refractivity contribution is 5.35. The second-order valence-electron chi connectivity index (χ2n) is 10.8. The molecule has 8 unspecified atom stereocenters. The first-order valence-electron chi connectivity index (χ1n) is 11.9. The van der Waals surface area contributed by atoms with Crippen LogP contribution >= 0.6 is 0 Å². The Morgan fingerprint density at radius 1 is 1.20 bits per heavy atom. The zero-order chi connectivity index (χ0) is 20.8. The van der Waals surface area contributed by atoms with E-state index < -0.39 is 0 Å². The van der Waals surface area contributed by atoms with Crippen molar-refractivity contribution in [2.75, 3.05) is 41.0 Å². The maximum atomic E-state index is 11.5. The summed E-state index contributed by atoms with van der Waals surface area (Å²) in [7, 11) is 5.54. The summed E-state index contributed by atoms with van der Waals surface area (Å²) < 4.78 is 25.0. The lowest BCUT2D eigenvalue weighted by molar-refractivity contribution is -0.315. The van der Waals surface area contributed by atoms with Crippen molar-refractivity contribution in [2.24, 2.45) is 34.5 Å². The van der Waals surface area contributed by atoms with Crippen LogP contribution in [0.25, 0.3) is 0 Å². The minimum Gasteiger partial charge on any atom is -0.479 e. The van der Waals surface area contributed by atoms with Crippen molar-refractivity contribution >= 4 is 0 Å². The number of rotatable bonds is 5. The normalized spacial score (nSPS) is 53.6. The van der Waals surface area contributed by atoms with Crippen molar-refractivity contribution in [3.63, 3.8) is 0 Å². The van der Waals surface area contributed by atoms with Crippen LogP contribution in [0, 0.1) is 34.5 Å². The van der Waals surface area contributed by atoms with E-state index in [9.17, 15) is 5.11 Å². The van der Waals surface area contributed by atoms with Crippen molar-refractivity contribution in [3.05, 3.63) is 11.3 Å². The van der Waals surface area contributed by atoms with E-state index in [0.29, 0.717) is 11.8 Å². The first kappa shape index (κ1) is 20.0. The summed E-state index contributed by atoms with van der Waals surface area (Å²) in [4.78, 5) is 2.56. The van der Waals surface area contributed by atoms with Crippen LogP contribution in [0.3, 0.4) is 0 Å². The number of nitrogens with zero attached hydrogens (tertiary/aromatic N) is 1. The first-order chi connectivity index (χ1) is 14.6. The summed E-state index contributed by atoms with van der Waals surface area (Å²) >= 11 is 0. The predicted molar refractivity (Wildman–Crippen MR) is 111 cm³/mol. The summed E-state index contributed by atoms with van der Waals surface area (Å²) in [6, 6.07) is 0. The number of ether oxygens (including phenoxy) is 4. The molecule has 0 amide bonds. The molecule has 0 aromatic carbocycles. The molecule has 3 saturated carbocycles. The van der Waals surface area contributed by atoms with Gasteiger partial charge in [-0.2, -0.15) is 0 Å². The lowest BCUT2D eigenvalue weighted by Crippen LogP contribution is -2.75. The topological polar surface area (TPSA) is 60.4 Å². The Balaban J connectivity index is 1.59. The molecule has 168 valence electrons. The van der Waals surface area contributed by atoms with Crippen molar-refractivity contribution in [1.82, 2.24) is 4.90 Å². The van der Waals surface area contributed by atoms with Crippen LogP contribution in [0.15, 0.2) is 11.3 Å². The summed E-state index contributed by atoms with van der Waals surface area (Å²) in [5, 5.41) is 11.5. The van der Waals surface area contributed by atoms with Gasteiger partial charge in [-0.1, -0.05) is 6.92 Å². The standard InChI is InChI=1S/C24H37NO5/c1-5-25-11-23(12-27-2)7-6-19(29-4)24-15-8-14-16(28-3)9-13(20(15)21(14)26)17(10-18(23)24)30-22(24)25/h14-16,18-22,26H,5-12H2,1-4H3/t14?,15?,16-,18?,19?,20?,21?,22?,23-,24?/m0/s1. The highest BCUT2D eigenvalue weighted by Gasteiger charge is 2.76. The molecule has 6 nitrogen and oxygen atoms in total. The Morgan fingerprint density at radius 3 is 2.73 bits per heavy atom. The molecule has 7 bridgehead atoms. The van der Waals surface area contributed by atoms with E-state index in [1.54, 1.807) is 7.11 Å². The van der Waals surface area contributed by atoms with Gasteiger partial charge in [0.15, 0.2) is 6.23 Å². The van der Waals surface area contributed by atoms with Crippen LogP contribution in [0.4, 0.5) is 0 Å². The lowest BCUT2D eigenvalue weighted by atomic mass is 9.44. The molecule has 3 heterocycles. The highest BCUT2D eigenvalue weighted by atomic mass is 16.5. The fraction of sp³-hybridized carbons (Fsp3) is 0.917. The molecule has 5 fully saturated rings. The van der Waals surface area contributed by atoms with Crippen molar-refractivity contribution in [3.8, 4) is 0 Å². The lowest BCUT2D eigenvalue weighted by Gasteiger charge is -2.69. The predicted octanol–water partition coefficient (Wildman–Crippen LogP) is 2.41. The second-order valence-corrected chi connectivity index (χ2v) is 10.8. The minimum absolute atomic E-state index is 0.0431. The van der Waals surface area contributed by atoms with Crippen molar-refractivity contribution < 1.29 is 24.1 Å². The summed E-state index contributed by atoms with van der Waals surface area (Å²) in [5.41, 5.74) is 1.38. The van der Waals surface area contributed by atoms with Gasteiger partial charge in [0.1, 0.15) is 0 Å². The number of aliphatic hydroxyl groups is 1. The van der Waals surface area contributed by atoms with E-state index in [2.05, 4.69) is 11.8 Å². The molecule has 3 aliphatic heterocycles. The number of methoxy groups -OCH3 is 3. The number of hydrogen-bond acceptors (Lipinski definition) is 6. The minimum atomic E-state index is -0.331. The molecule has 30 heavy (non-hydrogen) atoms. The van der Waals surface area contributed by atoms with Gasteiger partial charge in [-0.3, -0.25) is 4.90 Å². The van der Waals surface area contributed by atoms with Crippen LogP contribution in [0.2, 0.25) is 0 Å². The Kier molecular flexibility index (Phi) is 4.45. The SMILES string of the molecule is CCN1C[C@]2(COC)CCC(OC)C34C5CC6C(O)C5C(=C(CC32)OC14)C[C@@H]6OC. The molecule has 0 aromatic heterocycles. The number of allylic oxidation sites excluding steroid dienone is 1. The van der Waals surface area contributed by atoms with E-state index in [4.69, 9.17) is 18.9 Å². The van der Waals surface area contributed by atoms with E-state index in [1.807, 2.05) is 14.2 Å². The fourth-order valence-electron chi connectivity index (χ4n) is 9.33. The van der Waals surface area contributed by atoms with Gasteiger partial charge in [-0.25, -0.2) is 0 Å². The van der Waals surface area contributed by atoms with Crippen LogP contribution < -0.4 is 0 Å². The van der Waals surface area contributed by atoms with Gasteiger partial charge in [-0.05, 0) is 49.6 Å². The monoisotopic (exact) mass is 419 g/mol. The number of piperidine rings is 1. The van der Waals surface area contributed by atoms with E-state index >= 15 is 0 Å². The highest BCUT2D eigenvalue weighted by Crippen LogP contribution is 2.73. The van der Waals surface area contributed by atoms with Crippen LogP contribution in [-0.4, -0.2) is 75.6 Å². The van der Waals surface area contributed by atoms with Gasteiger partial charge in [0.25, 0.3) is 0 Å². The molecule has 6 heteroatoms. The number of fused-ring (bicyclic) bond motifs is 1. The molecular formula is C24H37NO5. The van der Waals surface area contributed by atoms with Crippen molar-refractivity contribution in [1.29, 1.82) is 0 Å². The van der Waals surface area contributed by atoms with Crippen LogP contribution in [0.5, 0.6) is 0 Å². The Morgan fingerprint density at radius 2 is 2.03 bits per heavy atom. The Bertz CT molecular complexity index is 756. The van der Waals surface area contributed by atoms with E-state index in [0.717, 1.165) is 57.6 Å². The zero-order valence-corrected chi connectivity index (χ0v) is 18.8. The van der Waals surface area contributed by atoms with Crippen LogP contribution in [0.1, 0.15) is 39.0 Å². The molecule has 0 aromatic rings. The number of aliphatic hydroxyl groups excluding tert-OH is 1. The van der Waals surface area contributed by atoms with Gasteiger partial charge in [0, 0.05) is 51.5 Å². The first-order valence-corrected chi connectivity index (χ1v) is 11.9. The third-order valence-corrected chi connectivity index (χ3v) is 10.2. The summed E-state index contributed by atoms with van der Waals surface area (Å²) in [6.07, 6.45) is 5.04. The van der Waals surface area contributed by atoms with Gasteiger partial charge >= 0.3 is 0 Å². The average Bonchev–Trinajstić information content (AvgIpc) is 2.88. The van der Waals surface area contributed by atoms with E-state index in [1.165, 1.54) is 5.57 Å². The van der Waals surface area contributed by atoms with E-state index in [-0.39, 0.29) is 47.2 Å². The molecule has 7 rings (SSSR count). The average molecular weight is 420 g/mol. The molecule has 2 saturated heterocycles. The molecule has 1 N–H and O–H groups in total. The van der Waals surface area contributed by atoms with Crippen molar-refractivity contribution in [2.45, 2.75) is 63.6 Å². The molecule has 4 aliphatic carbocycles. The van der Waals surface area contributed by atoms with Gasteiger partial charge in [0.05, 0.1) is 36.1 Å². The zero-order valence-electron chi connectivity index (χ0n) is 18.8. The third kappa shape index (κ3) is 2.13. The molecular weight excluding hydrogens is 382 g/mol. The maximum Gasteiger partial charge on any atom is 0.160 e. The number of likely N-dealkylation sites (tertiary alicyclic amines) is 1. The molecule has 7 aliphatic rings. The Labute approximate surface area is 179 Å². The molecule has 0 radical (unpaired) electrons. The summed E-state index contributed by atoms with van der Waals surface area (Å²) in [6.45, 7) is 5.06. The third-order valence-electron chi connectivity index (χ3n) is 10.2. The fourth-order valence-corrected chi connectivity index (χ4v) is 9.33. The molecule has 10 atom stereocenters. The van der Waals surface area contributed by atoms with Gasteiger partial charge in [-0.15, -0.1) is 0 Å². The largest absolute Gasteiger partial charge is 0.479 e. The maximum absolute atomic E-state index is 11.5. The second kappa shape index (κ2) is 6.67. The Hall–Kier alpha value is -0.660. The number of hydrogen-bond donors (Lipinski definition) is 1. The van der Waals surface area contributed by atoms with Gasteiger partial charge in [0.2, 0.25) is 0 Å². The van der Waals surface area contributed by atoms with Crippen LogP contribution in [-0.2, 0) is 18.9 Å². The van der Waals surface area contributed by atoms with Gasteiger partial charge < -0.3 is 24.1 Å². The molecule has 1 spiro atoms.